The van der Waals surface area contributed by atoms with Gasteiger partial charge in [0.2, 0.25) is 0 Å². The third kappa shape index (κ3) is 8.78. The van der Waals surface area contributed by atoms with Crippen molar-refractivity contribution in [1.29, 1.82) is 0 Å². The highest BCUT2D eigenvalue weighted by Crippen LogP contribution is 2.03. The van der Waals surface area contributed by atoms with Gasteiger partial charge in [0.25, 0.3) is 0 Å². The van der Waals surface area contributed by atoms with Crippen molar-refractivity contribution in [2.75, 3.05) is 58.9 Å². The molecule has 0 spiro atoms. The minimum absolute atomic E-state index is 0.00739. The van der Waals surface area contributed by atoms with E-state index in [0.29, 0.717) is 45.7 Å². The molecule has 132 valence electrons. The summed E-state index contributed by atoms with van der Waals surface area (Å²) in [6.45, 7) is 6.87. The molecule has 7 nitrogen and oxygen atoms in total. The molecule has 0 aromatic carbocycles. The van der Waals surface area contributed by atoms with Crippen molar-refractivity contribution < 1.29 is 19.5 Å². The lowest BCUT2D eigenvalue weighted by Crippen LogP contribution is -2.40. The quantitative estimate of drug-likeness (QED) is 0.595. The molecule has 0 aromatic rings. The number of carbonyl (C=O) groups is 3. The first-order valence-electron chi connectivity index (χ1n) is 8.39. The maximum Gasteiger partial charge on any atom is 0.317 e. The Labute approximate surface area is 138 Å². The molecular weight excluding hydrogens is 298 g/mol. The molecule has 1 rings (SSSR count). The topological polar surface area (TPSA) is 81.2 Å². The van der Waals surface area contributed by atoms with Crippen LogP contribution in [-0.2, 0) is 14.4 Å². The second-order valence-corrected chi connectivity index (χ2v) is 6.06. The first kappa shape index (κ1) is 19.7. The fourth-order valence-corrected chi connectivity index (χ4v) is 2.68. The van der Waals surface area contributed by atoms with Gasteiger partial charge in [-0.05, 0) is 6.42 Å². The molecule has 1 N–H and O–H groups in total. The monoisotopic (exact) mass is 327 g/mol. The Bertz CT molecular complexity index is 390. The van der Waals surface area contributed by atoms with Gasteiger partial charge in [0.15, 0.2) is 0 Å². The Kier molecular flexibility index (Phi) is 9.66. The normalized spacial score (nSPS) is 18.8. The van der Waals surface area contributed by atoms with Gasteiger partial charge in [-0.25, -0.2) is 0 Å². The second kappa shape index (κ2) is 11.3. The highest BCUT2D eigenvalue weighted by Gasteiger charge is 2.19. The van der Waals surface area contributed by atoms with Crippen LogP contribution >= 0.6 is 0 Å². The first-order valence-corrected chi connectivity index (χ1v) is 8.39. The molecule has 0 atom stereocenters. The van der Waals surface area contributed by atoms with Gasteiger partial charge in [0.05, 0.1) is 19.6 Å². The molecule has 1 fully saturated rings. The minimum Gasteiger partial charge on any atom is -0.480 e. The van der Waals surface area contributed by atoms with Gasteiger partial charge in [-0.1, -0.05) is 13.3 Å². The number of carbonyl (C=O) groups excluding carboxylic acids is 2. The zero-order valence-corrected chi connectivity index (χ0v) is 14.1. The Morgan fingerprint density at radius 2 is 1.48 bits per heavy atom. The van der Waals surface area contributed by atoms with Crippen LogP contribution in [0.4, 0.5) is 0 Å². The largest absolute Gasteiger partial charge is 0.480 e. The number of ketones is 1. The van der Waals surface area contributed by atoms with Crippen molar-refractivity contribution in [3.63, 3.8) is 0 Å². The fourth-order valence-electron chi connectivity index (χ4n) is 2.68. The van der Waals surface area contributed by atoms with E-state index in [2.05, 4.69) is 11.8 Å². The van der Waals surface area contributed by atoms with Crippen LogP contribution < -0.4 is 0 Å². The molecule has 23 heavy (non-hydrogen) atoms. The molecule has 1 aliphatic heterocycles. The molecule has 0 unspecified atom stereocenters. The summed E-state index contributed by atoms with van der Waals surface area (Å²) in [4.78, 5) is 39.7. The van der Waals surface area contributed by atoms with E-state index in [9.17, 15) is 14.4 Å². The summed E-state index contributed by atoms with van der Waals surface area (Å²) >= 11 is 0. The lowest BCUT2D eigenvalue weighted by atomic mass is 10.2. The summed E-state index contributed by atoms with van der Waals surface area (Å²) in [5, 5.41) is 9.00. The highest BCUT2D eigenvalue weighted by atomic mass is 16.4. The number of nitrogens with zero attached hydrogens (tertiary/aromatic N) is 3. The summed E-state index contributed by atoms with van der Waals surface area (Å²) in [5.41, 5.74) is 0. The number of carboxylic acid groups (broad SMARTS) is 1. The van der Waals surface area contributed by atoms with Crippen LogP contribution in [0.15, 0.2) is 0 Å². The molecule has 0 saturated carbocycles. The maximum atomic E-state index is 12.0. The molecule has 0 radical (unpaired) electrons. The van der Waals surface area contributed by atoms with Gasteiger partial charge in [0, 0.05) is 45.7 Å². The Balaban J connectivity index is 2.61. The van der Waals surface area contributed by atoms with Gasteiger partial charge < -0.3 is 9.90 Å². The predicted molar refractivity (Wildman–Crippen MR) is 87.6 cm³/mol. The minimum atomic E-state index is -0.850. The van der Waals surface area contributed by atoms with Crippen LogP contribution in [-0.4, -0.2) is 96.7 Å². The standard InChI is InChI=1S/C16H29N3O4/c1-2-3-4-15(21)13-18-7-5-17(11-12-20)6-8-19(10-9-18)14-16(22)23/h12H,2-11,13-14H2,1H3,(H,22,23). The van der Waals surface area contributed by atoms with E-state index in [1.54, 1.807) is 0 Å². The van der Waals surface area contributed by atoms with Crippen molar-refractivity contribution in [2.45, 2.75) is 26.2 Å². The van der Waals surface area contributed by atoms with Gasteiger partial charge in [-0.2, -0.15) is 0 Å². The molecule has 1 aliphatic rings. The second-order valence-electron chi connectivity index (χ2n) is 6.06. The highest BCUT2D eigenvalue weighted by molar-refractivity contribution is 5.80. The molecule has 0 amide bonds. The average Bonchev–Trinajstić information content (AvgIpc) is 2.58. The zero-order valence-electron chi connectivity index (χ0n) is 14.1. The molecule has 0 aliphatic carbocycles. The van der Waals surface area contributed by atoms with Crippen molar-refractivity contribution >= 4 is 18.0 Å². The molecule has 0 aromatic heterocycles. The Morgan fingerprint density at radius 1 is 0.957 bits per heavy atom. The van der Waals surface area contributed by atoms with Gasteiger partial charge in [-0.15, -0.1) is 0 Å². The smallest absolute Gasteiger partial charge is 0.317 e. The van der Waals surface area contributed by atoms with Gasteiger partial charge in [0.1, 0.15) is 12.1 Å². The van der Waals surface area contributed by atoms with Crippen LogP contribution in [0.2, 0.25) is 0 Å². The molecule has 0 bridgehead atoms. The van der Waals surface area contributed by atoms with E-state index >= 15 is 0 Å². The number of hydrogen-bond acceptors (Lipinski definition) is 6. The van der Waals surface area contributed by atoms with Crippen molar-refractivity contribution in [2.24, 2.45) is 0 Å². The van der Waals surface area contributed by atoms with E-state index in [1.807, 2.05) is 9.80 Å². The van der Waals surface area contributed by atoms with Crippen LogP contribution in [0.3, 0.4) is 0 Å². The number of aliphatic carboxylic acids is 1. The maximum absolute atomic E-state index is 12.0. The number of aldehydes is 1. The lowest BCUT2D eigenvalue weighted by molar-refractivity contribution is -0.138. The molecule has 1 saturated heterocycles. The molecule has 1 heterocycles. The third-order valence-corrected chi connectivity index (χ3v) is 4.10. The number of Topliss-reactive ketones (excluding diaryl/α,β-unsaturated/α-hetero) is 1. The van der Waals surface area contributed by atoms with E-state index in [0.717, 1.165) is 32.2 Å². The summed E-state index contributed by atoms with van der Waals surface area (Å²) in [7, 11) is 0. The number of carboxylic acids is 1. The van der Waals surface area contributed by atoms with Crippen LogP contribution in [0, 0.1) is 0 Å². The number of rotatable bonds is 9. The molecule has 7 heteroatoms. The summed E-state index contributed by atoms with van der Waals surface area (Å²) in [6.07, 6.45) is 3.39. The summed E-state index contributed by atoms with van der Waals surface area (Å²) in [6, 6.07) is 0. The number of hydrogen-bond donors (Lipinski definition) is 1. The fraction of sp³-hybridized carbons (Fsp3) is 0.812. The lowest BCUT2D eigenvalue weighted by Gasteiger charge is -2.24. The Morgan fingerprint density at radius 3 is 1.96 bits per heavy atom. The average molecular weight is 327 g/mol. The first-order chi connectivity index (χ1) is 11.0. The van der Waals surface area contributed by atoms with Crippen molar-refractivity contribution in [1.82, 2.24) is 14.7 Å². The van der Waals surface area contributed by atoms with Crippen LogP contribution in [0.25, 0.3) is 0 Å². The van der Waals surface area contributed by atoms with Crippen LogP contribution in [0.5, 0.6) is 0 Å². The summed E-state index contributed by atoms with van der Waals surface area (Å²) in [5.74, 6) is -0.616. The number of unbranched alkanes of at least 4 members (excludes halogenated alkanes) is 1. The van der Waals surface area contributed by atoms with E-state index in [4.69, 9.17) is 5.11 Å². The van der Waals surface area contributed by atoms with E-state index < -0.39 is 5.97 Å². The van der Waals surface area contributed by atoms with E-state index in [1.165, 1.54) is 0 Å². The zero-order chi connectivity index (χ0) is 17.1. The van der Waals surface area contributed by atoms with Gasteiger partial charge >= 0.3 is 5.97 Å². The van der Waals surface area contributed by atoms with Crippen LogP contribution in [0.1, 0.15) is 26.2 Å². The molecular formula is C16H29N3O4. The van der Waals surface area contributed by atoms with Crippen molar-refractivity contribution in [3.8, 4) is 0 Å². The van der Waals surface area contributed by atoms with Crippen molar-refractivity contribution in [3.05, 3.63) is 0 Å². The predicted octanol–water partition coefficient (Wildman–Crippen LogP) is -0.0512. The summed E-state index contributed by atoms with van der Waals surface area (Å²) < 4.78 is 0. The van der Waals surface area contributed by atoms with E-state index in [-0.39, 0.29) is 12.3 Å². The van der Waals surface area contributed by atoms with Gasteiger partial charge in [-0.3, -0.25) is 24.3 Å². The SMILES string of the molecule is CCCCC(=O)CN1CCN(CC=O)CCN(CC(=O)O)CC1. The third-order valence-electron chi connectivity index (χ3n) is 4.10. The Hall–Kier alpha value is -1.31.